The van der Waals surface area contributed by atoms with Crippen molar-refractivity contribution in [1.82, 2.24) is 4.90 Å². The highest BCUT2D eigenvalue weighted by Gasteiger charge is 2.42. The summed E-state index contributed by atoms with van der Waals surface area (Å²) in [4.78, 5) is 42.3. The van der Waals surface area contributed by atoms with E-state index < -0.39 is 6.04 Å². The van der Waals surface area contributed by atoms with Crippen LogP contribution in [0.3, 0.4) is 0 Å². The van der Waals surface area contributed by atoms with Crippen LogP contribution in [0.5, 0.6) is 0 Å². The molecular formula is C21H20N2O3. The van der Waals surface area contributed by atoms with Gasteiger partial charge in [-0.05, 0) is 50.5 Å². The molecule has 5 nitrogen and oxygen atoms in total. The Labute approximate surface area is 152 Å². The first-order chi connectivity index (χ1) is 12.6. The van der Waals surface area contributed by atoms with E-state index in [9.17, 15) is 14.4 Å². The van der Waals surface area contributed by atoms with Gasteiger partial charge in [0.25, 0.3) is 17.7 Å². The summed E-state index contributed by atoms with van der Waals surface area (Å²) in [5.74, 6) is -0.867. The number of piperidine rings is 1. The molecule has 0 bridgehead atoms. The molecule has 2 aliphatic heterocycles. The van der Waals surface area contributed by atoms with Gasteiger partial charge in [-0.15, -0.1) is 0 Å². The fourth-order valence-electron chi connectivity index (χ4n) is 3.74. The molecule has 1 atom stereocenters. The van der Waals surface area contributed by atoms with E-state index in [2.05, 4.69) is 0 Å². The van der Waals surface area contributed by atoms with Gasteiger partial charge in [0.05, 0.1) is 11.3 Å². The molecule has 3 amide bonds. The minimum atomic E-state index is -0.571. The van der Waals surface area contributed by atoms with Crippen molar-refractivity contribution in [2.45, 2.75) is 32.2 Å². The number of aryl methyl sites for hydroxylation is 1. The van der Waals surface area contributed by atoms with Crippen LogP contribution in [0, 0.1) is 6.92 Å². The van der Waals surface area contributed by atoms with Gasteiger partial charge in [0.1, 0.15) is 6.04 Å². The average Bonchev–Trinajstić information content (AvgIpc) is 2.76. The molecule has 0 radical (unpaired) electrons. The van der Waals surface area contributed by atoms with E-state index in [1.165, 1.54) is 4.90 Å². The molecule has 5 heteroatoms. The van der Waals surface area contributed by atoms with Gasteiger partial charge in [-0.1, -0.05) is 29.8 Å². The number of imide groups is 1. The minimum Gasteiger partial charge on any atom is -0.327 e. The first-order valence-electron chi connectivity index (χ1n) is 8.93. The number of nitrogens with zero attached hydrogens (tertiary/aromatic N) is 2. The molecule has 0 spiro atoms. The molecule has 2 aromatic rings. The molecule has 26 heavy (non-hydrogen) atoms. The highest BCUT2D eigenvalue weighted by molar-refractivity contribution is 6.26. The molecule has 0 saturated carbocycles. The normalized spacial score (nSPS) is 19.7. The Kier molecular flexibility index (Phi) is 4.07. The Hall–Kier alpha value is -2.95. The largest absolute Gasteiger partial charge is 0.327 e. The number of hydrogen-bond donors (Lipinski definition) is 0. The smallest absolute Gasteiger partial charge is 0.265 e. The molecule has 4 rings (SSSR count). The molecule has 2 aromatic carbocycles. The van der Waals surface area contributed by atoms with Crippen molar-refractivity contribution in [2.75, 3.05) is 11.4 Å². The summed E-state index contributed by atoms with van der Waals surface area (Å²) in [6, 6.07) is 13.4. The predicted molar refractivity (Wildman–Crippen MR) is 98.1 cm³/mol. The fraction of sp³-hybridized carbons (Fsp3) is 0.286. The van der Waals surface area contributed by atoms with Gasteiger partial charge in [0.15, 0.2) is 0 Å². The lowest BCUT2D eigenvalue weighted by atomic mass is 10.0. The Morgan fingerprint density at radius 1 is 1.00 bits per heavy atom. The predicted octanol–water partition coefficient (Wildman–Crippen LogP) is 3.18. The van der Waals surface area contributed by atoms with E-state index in [1.54, 1.807) is 41.3 Å². The van der Waals surface area contributed by atoms with Gasteiger partial charge < -0.3 is 4.90 Å². The van der Waals surface area contributed by atoms with Crippen LogP contribution in [0.4, 0.5) is 5.69 Å². The summed E-state index contributed by atoms with van der Waals surface area (Å²) in [5.41, 5.74) is 2.27. The Morgan fingerprint density at radius 2 is 1.73 bits per heavy atom. The van der Waals surface area contributed by atoms with Gasteiger partial charge in [0.2, 0.25) is 0 Å². The van der Waals surface area contributed by atoms with Crippen LogP contribution in [0.2, 0.25) is 0 Å². The minimum absolute atomic E-state index is 0.169. The number of hydrogen-bond acceptors (Lipinski definition) is 3. The molecule has 132 valence electrons. The van der Waals surface area contributed by atoms with E-state index in [-0.39, 0.29) is 17.7 Å². The number of benzene rings is 2. The maximum Gasteiger partial charge on any atom is 0.265 e. The van der Waals surface area contributed by atoms with Gasteiger partial charge in [-0.3, -0.25) is 14.4 Å². The second-order valence-electron chi connectivity index (χ2n) is 6.87. The van der Waals surface area contributed by atoms with Crippen molar-refractivity contribution >= 4 is 23.4 Å². The maximum absolute atomic E-state index is 13.3. The Balaban J connectivity index is 1.85. The van der Waals surface area contributed by atoms with Crippen molar-refractivity contribution in [1.29, 1.82) is 0 Å². The third-order valence-corrected chi connectivity index (χ3v) is 5.15. The third kappa shape index (κ3) is 2.60. The lowest BCUT2D eigenvalue weighted by molar-refractivity contribution is -0.123. The molecule has 0 aliphatic carbocycles. The van der Waals surface area contributed by atoms with Crippen molar-refractivity contribution in [2.24, 2.45) is 0 Å². The topological polar surface area (TPSA) is 57.7 Å². The van der Waals surface area contributed by atoms with Crippen LogP contribution >= 0.6 is 0 Å². The highest BCUT2D eigenvalue weighted by atomic mass is 16.2. The van der Waals surface area contributed by atoms with Gasteiger partial charge in [0, 0.05) is 12.1 Å². The molecule has 0 N–H and O–H groups in total. The highest BCUT2D eigenvalue weighted by Crippen LogP contribution is 2.32. The van der Waals surface area contributed by atoms with Gasteiger partial charge >= 0.3 is 0 Å². The summed E-state index contributed by atoms with van der Waals surface area (Å²) in [6.07, 6.45) is 2.35. The number of rotatable bonds is 1. The van der Waals surface area contributed by atoms with Crippen LogP contribution in [-0.4, -0.2) is 35.2 Å². The summed E-state index contributed by atoms with van der Waals surface area (Å²) >= 11 is 0. The molecule has 2 aliphatic rings. The zero-order chi connectivity index (χ0) is 18.3. The van der Waals surface area contributed by atoms with Gasteiger partial charge in [-0.2, -0.15) is 0 Å². The van der Waals surface area contributed by atoms with Crippen LogP contribution in [0.15, 0.2) is 48.5 Å². The van der Waals surface area contributed by atoms with Crippen LogP contribution in [0.25, 0.3) is 0 Å². The third-order valence-electron chi connectivity index (χ3n) is 5.15. The van der Waals surface area contributed by atoms with E-state index in [0.717, 1.165) is 18.4 Å². The van der Waals surface area contributed by atoms with Crippen LogP contribution in [-0.2, 0) is 4.79 Å². The van der Waals surface area contributed by atoms with E-state index >= 15 is 0 Å². The summed E-state index contributed by atoms with van der Waals surface area (Å²) in [7, 11) is 0. The first-order valence-corrected chi connectivity index (χ1v) is 8.93. The fourth-order valence-corrected chi connectivity index (χ4v) is 3.74. The number of fused-ring (bicyclic) bond motifs is 2. The lowest BCUT2D eigenvalue weighted by Crippen LogP contribution is -2.52. The monoisotopic (exact) mass is 348 g/mol. The van der Waals surface area contributed by atoms with E-state index in [0.29, 0.717) is 29.8 Å². The number of amides is 3. The summed E-state index contributed by atoms with van der Waals surface area (Å²) in [6.45, 7) is 2.50. The molecule has 1 fully saturated rings. The zero-order valence-electron chi connectivity index (χ0n) is 14.6. The Morgan fingerprint density at radius 3 is 2.50 bits per heavy atom. The van der Waals surface area contributed by atoms with E-state index in [1.807, 2.05) is 19.1 Å². The summed E-state index contributed by atoms with van der Waals surface area (Å²) in [5, 5.41) is 0. The average molecular weight is 348 g/mol. The van der Waals surface area contributed by atoms with E-state index in [4.69, 9.17) is 0 Å². The van der Waals surface area contributed by atoms with Crippen molar-refractivity contribution < 1.29 is 14.4 Å². The maximum atomic E-state index is 13.3. The SMILES string of the molecule is Cc1ccc(C(=O)N2C(=O)C3CCCCN3C(=O)c3ccccc32)cc1. The zero-order valence-corrected chi connectivity index (χ0v) is 14.6. The second-order valence-corrected chi connectivity index (χ2v) is 6.87. The molecule has 1 unspecified atom stereocenters. The standard InChI is InChI=1S/C21H20N2O3/c1-14-9-11-15(12-10-14)19(24)23-17-7-3-2-6-16(17)20(25)22-13-5-4-8-18(22)21(23)26/h2-3,6-7,9-12,18H,4-5,8,13H2,1H3. The van der Waals surface area contributed by atoms with Crippen LogP contribution in [0.1, 0.15) is 45.5 Å². The molecule has 2 heterocycles. The number of anilines is 1. The number of carbonyl (C=O) groups is 3. The lowest BCUT2D eigenvalue weighted by Gasteiger charge is -2.34. The quantitative estimate of drug-likeness (QED) is 0.744. The first kappa shape index (κ1) is 16.5. The number of para-hydroxylation sites is 1. The molecular weight excluding hydrogens is 328 g/mol. The number of carbonyl (C=O) groups excluding carboxylic acids is 3. The van der Waals surface area contributed by atoms with Crippen molar-refractivity contribution in [3.63, 3.8) is 0 Å². The Bertz CT molecular complexity index is 888. The van der Waals surface area contributed by atoms with Crippen molar-refractivity contribution in [3.8, 4) is 0 Å². The summed E-state index contributed by atoms with van der Waals surface area (Å²) < 4.78 is 0. The molecule has 1 saturated heterocycles. The van der Waals surface area contributed by atoms with Gasteiger partial charge in [-0.25, -0.2) is 4.90 Å². The second kappa shape index (κ2) is 6.41. The van der Waals surface area contributed by atoms with Crippen molar-refractivity contribution in [3.05, 3.63) is 65.2 Å². The molecule has 0 aromatic heterocycles. The van der Waals surface area contributed by atoms with Crippen LogP contribution < -0.4 is 4.90 Å².